The summed E-state index contributed by atoms with van der Waals surface area (Å²) < 4.78 is 0. The molecule has 0 saturated carbocycles. The molecule has 0 amide bonds. The number of nitrogens with zero attached hydrogens (tertiary/aromatic N) is 3. The van der Waals surface area contributed by atoms with Crippen LogP contribution in [0.25, 0.3) is 11.3 Å². The number of benzene rings is 1. The van der Waals surface area contributed by atoms with Gasteiger partial charge in [-0.2, -0.15) is 0 Å². The first-order valence-corrected chi connectivity index (χ1v) is 6.39. The summed E-state index contributed by atoms with van der Waals surface area (Å²) in [4.78, 5) is 13.6. The minimum Gasteiger partial charge on any atom is -0.399 e. The Hall–Kier alpha value is -2.43. The van der Waals surface area contributed by atoms with Crippen molar-refractivity contribution >= 4 is 11.5 Å². The summed E-state index contributed by atoms with van der Waals surface area (Å²) in [7, 11) is 1.55. The zero-order valence-electron chi connectivity index (χ0n) is 11.7. The first-order valence-electron chi connectivity index (χ1n) is 6.39. The number of anilines is 1. The molecule has 20 heavy (non-hydrogen) atoms. The zero-order chi connectivity index (χ0) is 14.3. The second-order valence-corrected chi connectivity index (χ2v) is 5.28. The predicted molar refractivity (Wildman–Crippen MR) is 78.5 cm³/mol. The maximum atomic E-state index is 6.09. The summed E-state index contributed by atoms with van der Waals surface area (Å²) in [5, 5.41) is 4.22. The lowest BCUT2D eigenvalue weighted by Gasteiger charge is -2.34. The quantitative estimate of drug-likeness (QED) is 0.806. The van der Waals surface area contributed by atoms with Gasteiger partial charge in [0.05, 0.1) is 11.4 Å². The highest BCUT2D eigenvalue weighted by Gasteiger charge is 2.40. The lowest BCUT2D eigenvalue weighted by Crippen LogP contribution is -2.36. The Balaban J connectivity index is 2.43. The summed E-state index contributed by atoms with van der Waals surface area (Å²) in [5.41, 5.74) is 10.3. The summed E-state index contributed by atoms with van der Waals surface area (Å²) in [6, 6.07) is 8.00. The lowest BCUT2D eigenvalue weighted by molar-refractivity contribution is 0.211. The van der Waals surface area contributed by atoms with Gasteiger partial charge in [0, 0.05) is 22.1 Å². The molecule has 3 rings (SSSR count). The fraction of sp³-hybridized carbons (Fsp3) is 0.267. The molecule has 0 fully saturated rings. The van der Waals surface area contributed by atoms with E-state index in [0.717, 1.165) is 28.1 Å². The van der Waals surface area contributed by atoms with Crippen LogP contribution >= 0.6 is 0 Å². The molecule has 2 aromatic rings. The Kier molecular flexibility index (Phi) is 2.71. The monoisotopic (exact) mass is 268 g/mol. The van der Waals surface area contributed by atoms with Gasteiger partial charge in [0.25, 0.3) is 0 Å². The molecule has 0 aliphatic heterocycles. The van der Waals surface area contributed by atoms with Gasteiger partial charge in [-0.1, -0.05) is 29.4 Å². The fourth-order valence-corrected chi connectivity index (χ4v) is 2.83. The molecule has 0 atom stereocenters. The molecule has 0 spiro atoms. The van der Waals surface area contributed by atoms with Crippen molar-refractivity contribution in [3.63, 3.8) is 0 Å². The molecule has 1 aliphatic carbocycles. The van der Waals surface area contributed by atoms with Crippen LogP contribution in [0, 0.1) is 0 Å². The second-order valence-electron chi connectivity index (χ2n) is 5.28. The van der Waals surface area contributed by atoms with Crippen molar-refractivity contribution in [3.05, 3.63) is 41.7 Å². The van der Waals surface area contributed by atoms with Crippen LogP contribution in [0.3, 0.4) is 0 Å². The van der Waals surface area contributed by atoms with Crippen LogP contribution in [0.1, 0.15) is 25.0 Å². The van der Waals surface area contributed by atoms with Crippen molar-refractivity contribution in [2.75, 3.05) is 12.8 Å². The number of hydrogen-bond acceptors (Lipinski definition) is 5. The molecule has 2 N–H and O–H groups in total. The third-order valence-corrected chi connectivity index (χ3v) is 3.71. The number of hydrogen-bond donors (Lipinski definition) is 1. The van der Waals surface area contributed by atoms with Gasteiger partial charge < -0.3 is 10.6 Å². The van der Waals surface area contributed by atoms with Gasteiger partial charge in [0.2, 0.25) is 0 Å². The highest BCUT2D eigenvalue weighted by molar-refractivity contribution is 6.15. The molecule has 102 valence electrons. The smallest absolute Gasteiger partial charge is 0.131 e. The van der Waals surface area contributed by atoms with Gasteiger partial charge in [0.1, 0.15) is 19.3 Å². The van der Waals surface area contributed by atoms with Gasteiger partial charge in [-0.3, -0.25) is 0 Å². The van der Waals surface area contributed by atoms with E-state index in [1.165, 1.54) is 6.33 Å². The van der Waals surface area contributed by atoms with Crippen molar-refractivity contribution < 1.29 is 4.84 Å². The van der Waals surface area contributed by atoms with E-state index in [9.17, 15) is 0 Å². The maximum absolute atomic E-state index is 6.09. The summed E-state index contributed by atoms with van der Waals surface area (Å²) in [5.74, 6) is 0.485. The Morgan fingerprint density at radius 2 is 1.85 bits per heavy atom. The van der Waals surface area contributed by atoms with E-state index in [1.807, 2.05) is 24.3 Å². The number of fused-ring (bicyclic) bond motifs is 3. The fourth-order valence-electron chi connectivity index (χ4n) is 2.83. The third kappa shape index (κ3) is 1.59. The van der Waals surface area contributed by atoms with Crippen LogP contribution in [0.4, 0.5) is 5.82 Å². The third-order valence-electron chi connectivity index (χ3n) is 3.71. The molecule has 1 aromatic heterocycles. The van der Waals surface area contributed by atoms with Crippen molar-refractivity contribution in [1.29, 1.82) is 0 Å². The zero-order valence-corrected chi connectivity index (χ0v) is 11.7. The van der Waals surface area contributed by atoms with Crippen LogP contribution in [0.5, 0.6) is 0 Å². The second kappa shape index (κ2) is 4.30. The van der Waals surface area contributed by atoms with Gasteiger partial charge in [0.15, 0.2) is 0 Å². The number of rotatable bonds is 1. The van der Waals surface area contributed by atoms with Crippen LogP contribution in [0.2, 0.25) is 0 Å². The van der Waals surface area contributed by atoms with E-state index in [4.69, 9.17) is 10.6 Å². The number of nitrogens with two attached hydrogens (primary N) is 1. The SMILES string of the molecule is CON=C1c2ccccc2-c2ncnc(N)c2C1(C)C. The Labute approximate surface area is 117 Å². The lowest BCUT2D eigenvalue weighted by atomic mass is 9.70. The topological polar surface area (TPSA) is 73.4 Å². The Bertz CT molecular complexity index is 707. The van der Waals surface area contributed by atoms with E-state index < -0.39 is 5.41 Å². The Morgan fingerprint density at radius 1 is 1.15 bits per heavy atom. The highest BCUT2D eigenvalue weighted by atomic mass is 16.6. The van der Waals surface area contributed by atoms with Crippen LogP contribution in [0.15, 0.2) is 35.7 Å². The number of nitrogen functional groups attached to an aromatic ring is 1. The van der Waals surface area contributed by atoms with Gasteiger partial charge in [-0.05, 0) is 13.8 Å². The van der Waals surface area contributed by atoms with Crippen molar-refractivity contribution in [1.82, 2.24) is 9.97 Å². The van der Waals surface area contributed by atoms with Crippen molar-refractivity contribution in [3.8, 4) is 11.3 Å². The predicted octanol–water partition coefficient (Wildman–Crippen LogP) is 2.37. The molecular formula is C15H16N4O. The average molecular weight is 268 g/mol. The maximum Gasteiger partial charge on any atom is 0.131 e. The van der Waals surface area contributed by atoms with Gasteiger partial charge in [-0.25, -0.2) is 9.97 Å². The minimum atomic E-state index is -0.412. The number of oxime groups is 1. The molecule has 0 unspecified atom stereocenters. The minimum absolute atomic E-state index is 0.412. The molecule has 0 saturated heterocycles. The molecule has 5 nitrogen and oxygen atoms in total. The molecule has 5 heteroatoms. The highest BCUT2D eigenvalue weighted by Crippen LogP contribution is 2.44. The largest absolute Gasteiger partial charge is 0.399 e. The first-order chi connectivity index (χ1) is 9.57. The molecular weight excluding hydrogens is 252 g/mol. The van der Waals surface area contributed by atoms with E-state index in [2.05, 4.69) is 29.0 Å². The standard InChI is InChI=1S/C15H16N4O/c1-15(2)11-12(17-8-18-14(11)16)9-6-4-5-7-10(9)13(15)19-20-3/h4-8H,1-3H3,(H2,16,17,18). The number of aromatic nitrogens is 2. The average Bonchev–Trinajstić information content (AvgIpc) is 2.43. The molecule has 1 heterocycles. The van der Waals surface area contributed by atoms with Crippen LogP contribution < -0.4 is 5.73 Å². The van der Waals surface area contributed by atoms with E-state index in [1.54, 1.807) is 7.11 Å². The molecule has 1 aliphatic rings. The van der Waals surface area contributed by atoms with Crippen LogP contribution in [-0.2, 0) is 10.3 Å². The molecule has 0 radical (unpaired) electrons. The summed E-state index contributed by atoms with van der Waals surface area (Å²) >= 11 is 0. The first kappa shape index (κ1) is 12.6. The van der Waals surface area contributed by atoms with Crippen molar-refractivity contribution in [2.24, 2.45) is 5.16 Å². The van der Waals surface area contributed by atoms with E-state index in [-0.39, 0.29) is 0 Å². The molecule has 1 aromatic carbocycles. The van der Waals surface area contributed by atoms with Crippen LogP contribution in [-0.4, -0.2) is 22.8 Å². The van der Waals surface area contributed by atoms with Gasteiger partial charge >= 0.3 is 0 Å². The molecule has 0 bridgehead atoms. The van der Waals surface area contributed by atoms with Crippen molar-refractivity contribution in [2.45, 2.75) is 19.3 Å². The summed E-state index contributed by atoms with van der Waals surface area (Å²) in [6.07, 6.45) is 1.50. The van der Waals surface area contributed by atoms with E-state index in [0.29, 0.717) is 5.82 Å². The van der Waals surface area contributed by atoms with Gasteiger partial charge in [-0.15, -0.1) is 0 Å². The van der Waals surface area contributed by atoms with E-state index >= 15 is 0 Å². The Morgan fingerprint density at radius 3 is 2.55 bits per heavy atom. The summed E-state index contributed by atoms with van der Waals surface area (Å²) in [6.45, 7) is 4.11. The normalized spacial score (nSPS) is 17.4.